The Labute approximate surface area is 194 Å². The minimum absolute atomic E-state index is 0.0740. The molecule has 4 aromatic rings. The van der Waals surface area contributed by atoms with Crippen LogP contribution in [0.3, 0.4) is 0 Å². The summed E-state index contributed by atoms with van der Waals surface area (Å²) in [6.07, 6.45) is 0. The Morgan fingerprint density at radius 2 is 1.91 bits per heavy atom. The van der Waals surface area contributed by atoms with Gasteiger partial charge in [-0.25, -0.2) is 0 Å². The average molecular weight is 465 g/mol. The molecule has 11 heteroatoms. The van der Waals surface area contributed by atoms with Gasteiger partial charge in [-0.05, 0) is 30.7 Å². The van der Waals surface area contributed by atoms with Crippen molar-refractivity contribution in [1.82, 2.24) is 19.9 Å². The van der Waals surface area contributed by atoms with Gasteiger partial charge in [0, 0.05) is 29.2 Å². The number of azo groups is 1. The number of hydrogen-bond donors (Lipinski definition) is 3. The second-order valence-electron chi connectivity index (χ2n) is 7.52. The molecular formula is C22H21ClN8O2. The minimum atomic E-state index is -0.0740. The van der Waals surface area contributed by atoms with Crippen LogP contribution in [0.1, 0.15) is 5.56 Å². The van der Waals surface area contributed by atoms with Crippen LogP contribution in [-0.4, -0.2) is 51.3 Å². The summed E-state index contributed by atoms with van der Waals surface area (Å²) in [5.74, 6) is 0.807. The molecule has 1 aliphatic rings. The van der Waals surface area contributed by atoms with Gasteiger partial charge in [0.1, 0.15) is 0 Å². The molecule has 10 nitrogen and oxygen atoms in total. The number of aromatic amines is 1. The maximum Gasteiger partial charge on any atom is 0.275 e. The molecule has 168 valence electrons. The molecule has 5 rings (SSSR count). The maximum atomic E-state index is 10.3. The van der Waals surface area contributed by atoms with E-state index in [-0.39, 0.29) is 11.8 Å². The molecule has 1 saturated heterocycles. The maximum absolute atomic E-state index is 10.3. The summed E-state index contributed by atoms with van der Waals surface area (Å²) in [5.41, 5.74) is 2.78. The first kappa shape index (κ1) is 21.1. The van der Waals surface area contributed by atoms with Gasteiger partial charge < -0.3 is 25.0 Å². The molecule has 0 unspecified atom stereocenters. The molecule has 33 heavy (non-hydrogen) atoms. The lowest BCUT2D eigenvalue weighted by Crippen LogP contribution is -2.37. The van der Waals surface area contributed by atoms with E-state index in [1.165, 1.54) is 0 Å². The number of nitrogens with one attached hydrogen (secondary N) is 2. The SMILES string of the molecule is Cc1ccc(Nc2nc(N=Nc3c(O)[nH]c4ccccc34)nc(N3CCOCC3)n2)cc1Cl. The highest BCUT2D eigenvalue weighted by atomic mass is 35.5. The zero-order valence-corrected chi connectivity index (χ0v) is 18.5. The number of ether oxygens (including phenoxy) is 1. The summed E-state index contributed by atoms with van der Waals surface area (Å²) in [6.45, 7) is 4.41. The lowest BCUT2D eigenvalue weighted by atomic mass is 10.2. The number of benzene rings is 2. The summed E-state index contributed by atoms with van der Waals surface area (Å²) in [7, 11) is 0. The summed E-state index contributed by atoms with van der Waals surface area (Å²) in [4.78, 5) is 18.3. The van der Waals surface area contributed by atoms with Gasteiger partial charge in [0.2, 0.25) is 17.8 Å². The summed E-state index contributed by atoms with van der Waals surface area (Å²) in [5, 5.41) is 23.2. The van der Waals surface area contributed by atoms with E-state index < -0.39 is 0 Å². The number of fused-ring (bicyclic) bond motifs is 1. The zero-order chi connectivity index (χ0) is 22.8. The van der Waals surface area contributed by atoms with Crippen LogP contribution >= 0.6 is 11.6 Å². The van der Waals surface area contributed by atoms with Gasteiger partial charge in [-0.15, -0.1) is 10.2 Å². The van der Waals surface area contributed by atoms with Crippen molar-refractivity contribution >= 4 is 51.7 Å². The van der Waals surface area contributed by atoms with Crippen LogP contribution in [0.25, 0.3) is 10.9 Å². The van der Waals surface area contributed by atoms with Crippen molar-refractivity contribution in [2.24, 2.45) is 10.2 Å². The Morgan fingerprint density at radius 1 is 1.09 bits per heavy atom. The second kappa shape index (κ2) is 9.00. The number of aromatic hydroxyl groups is 1. The van der Waals surface area contributed by atoms with E-state index in [0.29, 0.717) is 48.9 Å². The number of nitrogens with zero attached hydrogens (tertiary/aromatic N) is 6. The van der Waals surface area contributed by atoms with Gasteiger partial charge in [0.05, 0.1) is 18.7 Å². The van der Waals surface area contributed by atoms with E-state index in [2.05, 4.69) is 35.5 Å². The number of aryl methyl sites for hydroxylation is 1. The number of morpholine rings is 1. The molecule has 0 bridgehead atoms. The molecule has 2 aromatic heterocycles. The number of aromatic nitrogens is 4. The van der Waals surface area contributed by atoms with E-state index in [1.54, 1.807) is 6.07 Å². The standard InChI is InChI=1S/C22H21ClN8O2/c1-13-6-7-14(12-16(13)23)24-20-26-21(28-22(27-20)31-8-10-33-11-9-31)30-29-18-15-4-2-3-5-17(15)25-19(18)32/h2-7,12,25,32H,8-11H2,1H3,(H,24,26,27,28). The van der Waals surface area contributed by atoms with Gasteiger partial charge in [-0.2, -0.15) is 15.0 Å². The number of anilines is 3. The van der Waals surface area contributed by atoms with E-state index in [0.717, 1.165) is 22.2 Å². The molecule has 0 saturated carbocycles. The molecule has 0 spiro atoms. The number of H-pyrrole nitrogens is 1. The zero-order valence-electron chi connectivity index (χ0n) is 17.8. The molecule has 0 amide bonds. The predicted molar refractivity (Wildman–Crippen MR) is 126 cm³/mol. The minimum Gasteiger partial charge on any atom is -0.493 e. The fourth-order valence-electron chi connectivity index (χ4n) is 3.47. The Morgan fingerprint density at radius 3 is 2.73 bits per heavy atom. The van der Waals surface area contributed by atoms with E-state index in [1.807, 2.05) is 48.2 Å². The highest BCUT2D eigenvalue weighted by molar-refractivity contribution is 6.31. The monoisotopic (exact) mass is 464 g/mol. The van der Waals surface area contributed by atoms with Crippen LogP contribution in [0.5, 0.6) is 5.88 Å². The van der Waals surface area contributed by atoms with Gasteiger partial charge in [-0.3, -0.25) is 0 Å². The van der Waals surface area contributed by atoms with Crippen molar-refractivity contribution in [3.05, 3.63) is 53.1 Å². The van der Waals surface area contributed by atoms with E-state index in [4.69, 9.17) is 16.3 Å². The quantitative estimate of drug-likeness (QED) is 0.354. The van der Waals surface area contributed by atoms with Crippen LogP contribution in [0.4, 0.5) is 29.2 Å². The summed E-state index contributed by atoms with van der Waals surface area (Å²) in [6, 6.07) is 13.0. The smallest absolute Gasteiger partial charge is 0.275 e. The highest BCUT2D eigenvalue weighted by Gasteiger charge is 2.17. The Bertz CT molecular complexity index is 1330. The van der Waals surface area contributed by atoms with Gasteiger partial charge in [0.15, 0.2) is 5.69 Å². The van der Waals surface area contributed by atoms with Gasteiger partial charge >= 0.3 is 0 Å². The molecular weight excluding hydrogens is 444 g/mol. The van der Waals surface area contributed by atoms with Crippen LogP contribution in [0.15, 0.2) is 52.7 Å². The Kier molecular flexibility index (Phi) is 5.76. The van der Waals surface area contributed by atoms with E-state index in [9.17, 15) is 5.11 Å². The largest absolute Gasteiger partial charge is 0.493 e. The third kappa shape index (κ3) is 4.57. The van der Waals surface area contributed by atoms with Crippen molar-refractivity contribution in [1.29, 1.82) is 0 Å². The topological polar surface area (TPSA) is 124 Å². The van der Waals surface area contributed by atoms with Crippen LogP contribution < -0.4 is 10.2 Å². The third-order valence-electron chi connectivity index (χ3n) is 5.23. The molecule has 0 atom stereocenters. The van der Waals surface area contributed by atoms with Crippen molar-refractivity contribution in [3.63, 3.8) is 0 Å². The van der Waals surface area contributed by atoms with Gasteiger partial charge in [-0.1, -0.05) is 35.9 Å². The molecule has 3 N–H and O–H groups in total. The van der Waals surface area contributed by atoms with Crippen molar-refractivity contribution in [2.45, 2.75) is 6.92 Å². The first-order chi connectivity index (χ1) is 16.1. The summed E-state index contributed by atoms with van der Waals surface area (Å²) < 4.78 is 5.44. The Balaban J connectivity index is 1.51. The number of rotatable bonds is 5. The van der Waals surface area contributed by atoms with Crippen LogP contribution in [0.2, 0.25) is 5.02 Å². The fourth-order valence-corrected chi connectivity index (χ4v) is 3.65. The van der Waals surface area contributed by atoms with Crippen molar-refractivity contribution in [2.75, 3.05) is 36.5 Å². The second-order valence-corrected chi connectivity index (χ2v) is 7.92. The predicted octanol–water partition coefficient (Wildman–Crippen LogP) is 5.02. The lowest BCUT2D eigenvalue weighted by molar-refractivity contribution is 0.122. The molecule has 2 aromatic carbocycles. The number of halogens is 1. The molecule has 1 fully saturated rings. The average Bonchev–Trinajstić information content (AvgIpc) is 3.15. The van der Waals surface area contributed by atoms with Gasteiger partial charge in [0.25, 0.3) is 5.95 Å². The molecule has 1 aliphatic heterocycles. The molecule has 0 aliphatic carbocycles. The normalized spacial score (nSPS) is 14.3. The number of hydrogen-bond acceptors (Lipinski definition) is 9. The first-order valence-electron chi connectivity index (χ1n) is 10.4. The Hall–Kier alpha value is -3.76. The molecule has 3 heterocycles. The number of para-hydroxylation sites is 1. The van der Waals surface area contributed by atoms with Crippen molar-refractivity contribution < 1.29 is 9.84 Å². The first-order valence-corrected chi connectivity index (χ1v) is 10.8. The third-order valence-corrected chi connectivity index (χ3v) is 5.64. The highest BCUT2D eigenvalue weighted by Crippen LogP contribution is 2.36. The fraction of sp³-hybridized carbons (Fsp3) is 0.227. The summed E-state index contributed by atoms with van der Waals surface area (Å²) >= 11 is 6.26. The van der Waals surface area contributed by atoms with Crippen molar-refractivity contribution in [3.8, 4) is 5.88 Å². The van der Waals surface area contributed by atoms with E-state index >= 15 is 0 Å². The van der Waals surface area contributed by atoms with Crippen LogP contribution in [-0.2, 0) is 4.74 Å². The van der Waals surface area contributed by atoms with Crippen LogP contribution in [0, 0.1) is 6.92 Å². The molecule has 0 radical (unpaired) electrons. The lowest BCUT2D eigenvalue weighted by Gasteiger charge is -2.26.